The minimum Gasteiger partial charge on any atom is -0.326 e. The van der Waals surface area contributed by atoms with Crippen LogP contribution in [-0.2, 0) is 9.59 Å². The summed E-state index contributed by atoms with van der Waals surface area (Å²) in [6.45, 7) is 1.36. The van der Waals surface area contributed by atoms with E-state index in [0.717, 1.165) is 5.56 Å². The Kier molecular flexibility index (Phi) is 5.83. The predicted molar refractivity (Wildman–Crippen MR) is 111 cm³/mol. The molecule has 0 radical (unpaired) electrons. The van der Waals surface area contributed by atoms with Gasteiger partial charge in [0, 0.05) is 18.2 Å². The minimum atomic E-state index is -0.278. The van der Waals surface area contributed by atoms with E-state index in [1.54, 1.807) is 54.6 Å². The van der Waals surface area contributed by atoms with Crippen molar-refractivity contribution in [3.63, 3.8) is 0 Å². The van der Waals surface area contributed by atoms with E-state index in [1.165, 1.54) is 23.6 Å². The summed E-state index contributed by atoms with van der Waals surface area (Å²) in [7, 11) is 0. The highest BCUT2D eigenvalue weighted by atomic mass is 32.2. The maximum atomic E-state index is 12.6. The smallest absolute Gasteiger partial charge is 0.266 e. The number of rotatable bonds is 5. The van der Waals surface area contributed by atoms with Crippen LogP contribution in [0.5, 0.6) is 0 Å². The molecule has 0 unspecified atom stereocenters. The molecule has 0 saturated carbocycles. The van der Waals surface area contributed by atoms with Crippen LogP contribution in [-0.4, -0.2) is 33.4 Å². The van der Waals surface area contributed by atoms with E-state index in [9.17, 15) is 14.4 Å². The van der Waals surface area contributed by atoms with E-state index in [2.05, 4.69) is 5.32 Å². The van der Waals surface area contributed by atoms with Crippen molar-refractivity contribution in [2.45, 2.75) is 6.92 Å². The van der Waals surface area contributed by atoms with Crippen molar-refractivity contribution in [2.75, 3.05) is 11.9 Å². The second kappa shape index (κ2) is 8.28. The largest absolute Gasteiger partial charge is 0.326 e. The summed E-state index contributed by atoms with van der Waals surface area (Å²) in [5.41, 5.74) is 2.03. The molecule has 1 saturated heterocycles. The first kappa shape index (κ1) is 19.0. The fraction of sp³-hybridized carbons (Fsp3) is 0.100. The number of thioether (sulfide) groups is 1. The molecule has 0 aromatic heterocycles. The van der Waals surface area contributed by atoms with Crippen LogP contribution in [0.1, 0.15) is 22.8 Å². The molecule has 136 valence electrons. The van der Waals surface area contributed by atoms with E-state index < -0.39 is 0 Å². The Morgan fingerprint density at radius 2 is 1.78 bits per heavy atom. The molecule has 1 fully saturated rings. The average Bonchev–Trinajstić information content (AvgIpc) is 2.91. The van der Waals surface area contributed by atoms with Crippen molar-refractivity contribution in [1.82, 2.24) is 4.90 Å². The summed E-state index contributed by atoms with van der Waals surface area (Å²) in [5.74, 6) is -0.584. The first-order valence-corrected chi connectivity index (χ1v) is 9.38. The number of thiocarbonyl (C=S) groups is 1. The fourth-order valence-electron chi connectivity index (χ4n) is 2.51. The SMILES string of the molecule is CC(=O)Nc1ccc(/C=C2/SC(=S)N(CC(=O)c3ccccc3)C2=O)cc1. The van der Waals surface area contributed by atoms with Gasteiger partial charge in [-0.05, 0) is 23.8 Å². The highest BCUT2D eigenvalue weighted by Gasteiger charge is 2.33. The van der Waals surface area contributed by atoms with Crippen molar-refractivity contribution in [3.05, 3.63) is 70.6 Å². The molecule has 3 rings (SSSR count). The van der Waals surface area contributed by atoms with E-state index >= 15 is 0 Å². The first-order valence-electron chi connectivity index (χ1n) is 8.15. The van der Waals surface area contributed by atoms with Crippen LogP contribution in [0.25, 0.3) is 6.08 Å². The molecular weight excluding hydrogens is 380 g/mol. The third-order valence-corrected chi connectivity index (χ3v) is 5.18. The quantitative estimate of drug-likeness (QED) is 0.474. The first-order chi connectivity index (χ1) is 12.9. The minimum absolute atomic E-state index is 0.0759. The topological polar surface area (TPSA) is 66.5 Å². The van der Waals surface area contributed by atoms with E-state index in [4.69, 9.17) is 12.2 Å². The van der Waals surface area contributed by atoms with Gasteiger partial charge in [-0.1, -0.05) is 66.4 Å². The Morgan fingerprint density at radius 3 is 2.41 bits per heavy atom. The molecule has 2 aromatic carbocycles. The third kappa shape index (κ3) is 4.69. The number of anilines is 1. The van der Waals surface area contributed by atoms with Crippen LogP contribution >= 0.6 is 24.0 Å². The lowest BCUT2D eigenvalue weighted by molar-refractivity contribution is -0.121. The number of amides is 2. The molecule has 1 heterocycles. The van der Waals surface area contributed by atoms with Crippen molar-refractivity contribution in [1.29, 1.82) is 0 Å². The molecule has 1 aliphatic heterocycles. The van der Waals surface area contributed by atoms with Crippen LogP contribution < -0.4 is 5.32 Å². The van der Waals surface area contributed by atoms with E-state index in [-0.39, 0.29) is 24.1 Å². The van der Waals surface area contributed by atoms with Gasteiger partial charge in [0.15, 0.2) is 5.78 Å². The van der Waals surface area contributed by atoms with Gasteiger partial charge in [0.25, 0.3) is 5.91 Å². The van der Waals surface area contributed by atoms with Crippen LogP contribution in [0.2, 0.25) is 0 Å². The standard InChI is InChI=1S/C20H16N2O3S2/c1-13(23)21-16-9-7-14(8-10-16)11-18-19(25)22(20(26)27-18)12-17(24)15-5-3-2-4-6-15/h2-11H,12H2,1H3,(H,21,23)/b18-11+. The number of carbonyl (C=O) groups excluding carboxylic acids is 3. The van der Waals surface area contributed by atoms with Crippen molar-refractivity contribution in [3.8, 4) is 0 Å². The summed E-state index contributed by atoms with van der Waals surface area (Å²) < 4.78 is 0.366. The number of hydrogen-bond acceptors (Lipinski definition) is 5. The number of hydrogen-bond donors (Lipinski definition) is 1. The van der Waals surface area contributed by atoms with Gasteiger partial charge in [0.2, 0.25) is 5.91 Å². The summed E-state index contributed by atoms with van der Waals surface area (Å²) in [5, 5.41) is 2.69. The number of ketones is 1. The molecule has 27 heavy (non-hydrogen) atoms. The molecule has 1 N–H and O–H groups in total. The maximum Gasteiger partial charge on any atom is 0.266 e. The maximum absolute atomic E-state index is 12.6. The number of Topliss-reactive ketones (excluding diaryl/α,β-unsaturated/α-hetero) is 1. The lowest BCUT2D eigenvalue weighted by atomic mass is 10.1. The Hall–Kier alpha value is -2.77. The van der Waals surface area contributed by atoms with Crippen molar-refractivity contribution < 1.29 is 14.4 Å². The summed E-state index contributed by atoms with van der Waals surface area (Å²) in [6, 6.07) is 15.9. The van der Waals surface area contributed by atoms with Gasteiger partial charge in [-0.3, -0.25) is 19.3 Å². The van der Waals surface area contributed by atoms with Crippen LogP contribution in [0, 0.1) is 0 Å². The summed E-state index contributed by atoms with van der Waals surface area (Å²) in [6.07, 6.45) is 1.73. The van der Waals surface area contributed by atoms with Crippen LogP contribution in [0.4, 0.5) is 5.69 Å². The van der Waals surface area contributed by atoms with Gasteiger partial charge in [0.05, 0.1) is 11.4 Å². The second-order valence-electron chi connectivity index (χ2n) is 5.86. The van der Waals surface area contributed by atoms with Gasteiger partial charge >= 0.3 is 0 Å². The predicted octanol–water partition coefficient (Wildman–Crippen LogP) is 3.73. The lowest BCUT2D eigenvalue weighted by Gasteiger charge is -2.13. The number of benzene rings is 2. The fourth-order valence-corrected chi connectivity index (χ4v) is 3.77. The van der Waals surface area contributed by atoms with Crippen molar-refractivity contribution >= 4 is 57.7 Å². The van der Waals surface area contributed by atoms with Gasteiger partial charge in [-0.25, -0.2) is 0 Å². The zero-order chi connectivity index (χ0) is 19.4. The Labute approximate surface area is 166 Å². The van der Waals surface area contributed by atoms with Gasteiger partial charge in [-0.2, -0.15) is 0 Å². The lowest BCUT2D eigenvalue weighted by Crippen LogP contribution is -2.33. The van der Waals surface area contributed by atoms with Crippen LogP contribution in [0.3, 0.4) is 0 Å². The highest BCUT2D eigenvalue weighted by molar-refractivity contribution is 8.26. The molecule has 5 nitrogen and oxygen atoms in total. The zero-order valence-corrected chi connectivity index (χ0v) is 16.1. The second-order valence-corrected chi connectivity index (χ2v) is 7.54. The molecule has 1 aliphatic rings. The van der Waals surface area contributed by atoms with Gasteiger partial charge in [0.1, 0.15) is 4.32 Å². The van der Waals surface area contributed by atoms with E-state index in [0.29, 0.717) is 20.5 Å². The van der Waals surface area contributed by atoms with Crippen molar-refractivity contribution in [2.24, 2.45) is 0 Å². The Morgan fingerprint density at radius 1 is 1.11 bits per heavy atom. The molecule has 0 spiro atoms. The highest BCUT2D eigenvalue weighted by Crippen LogP contribution is 2.32. The molecule has 7 heteroatoms. The molecule has 0 bridgehead atoms. The van der Waals surface area contributed by atoms with Gasteiger partial charge < -0.3 is 5.32 Å². The molecule has 0 aliphatic carbocycles. The normalized spacial score (nSPS) is 15.3. The molecular formula is C20H16N2O3S2. The molecule has 0 atom stereocenters. The zero-order valence-electron chi connectivity index (χ0n) is 14.5. The molecule has 2 aromatic rings. The Balaban J connectivity index is 1.72. The van der Waals surface area contributed by atoms with E-state index in [1.807, 2.05) is 6.07 Å². The average molecular weight is 396 g/mol. The summed E-state index contributed by atoms with van der Waals surface area (Å²) in [4.78, 5) is 37.9. The van der Waals surface area contributed by atoms with Crippen LogP contribution in [0.15, 0.2) is 59.5 Å². The Bertz CT molecular complexity index is 937. The third-order valence-electron chi connectivity index (χ3n) is 3.80. The number of carbonyl (C=O) groups is 3. The van der Waals surface area contributed by atoms with Gasteiger partial charge in [-0.15, -0.1) is 0 Å². The molecule has 2 amide bonds. The number of nitrogens with one attached hydrogen (secondary N) is 1. The monoisotopic (exact) mass is 396 g/mol. The number of nitrogens with zero attached hydrogens (tertiary/aromatic N) is 1. The summed E-state index contributed by atoms with van der Waals surface area (Å²) >= 11 is 6.45.